The van der Waals surface area contributed by atoms with Crippen LogP contribution in [0.4, 0.5) is 11.4 Å². The summed E-state index contributed by atoms with van der Waals surface area (Å²) in [6, 6.07) is 5.87. The topological polar surface area (TPSA) is 58.8 Å². The van der Waals surface area contributed by atoms with E-state index in [1.54, 1.807) is 4.90 Å². The van der Waals surface area contributed by atoms with Gasteiger partial charge >= 0.3 is 0 Å². The third-order valence-electron chi connectivity index (χ3n) is 3.14. The van der Waals surface area contributed by atoms with Crippen LogP contribution in [0.15, 0.2) is 18.2 Å². The van der Waals surface area contributed by atoms with Gasteiger partial charge in [0.15, 0.2) is 0 Å². The Balaban J connectivity index is 3.04. The van der Waals surface area contributed by atoms with Gasteiger partial charge in [-0.15, -0.1) is 0 Å². The Labute approximate surface area is 121 Å². The zero-order valence-corrected chi connectivity index (χ0v) is 13.0. The van der Waals surface area contributed by atoms with Crippen molar-refractivity contribution >= 4 is 17.3 Å². The largest absolute Gasteiger partial charge is 0.399 e. The first-order valence-corrected chi connectivity index (χ1v) is 6.71. The van der Waals surface area contributed by atoms with Crippen LogP contribution in [-0.2, 0) is 16.1 Å². The van der Waals surface area contributed by atoms with Gasteiger partial charge in [0.05, 0.1) is 0 Å². The van der Waals surface area contributed by atoms with Gasteiger partial charge in [-0.1, -0.05) is 0 Å². The normalized spacial score (nSPS) is 10.7. The van der Waals surface area contributed by atoms with E-state index in [2.05, 4.69) is 0 Å². The lowest BCUT2D eigenvalue weighted by Crippen LogP contribution is -2.38. The zero-order valence-electron chi connectivity index (χ0n) is 13.0. The third-order valence-corrected chi connectivity index (χ3v) is 3.14. The Hall–Kier alpha value is -1.75. The van der Waals surface area contributed by atoms with Crippen molar-refractivity contribution in [3.05, 3.63) is 23.8 Å². The van der Waals surface area contributed by atoms with Crippen molar-refractivity contribution < 1.29 is 9.53 Å². The van der Waals surface area contributed by atoms with Gasteiger partial charge in [-0.05, 0) is 37.6 Å². The van der Waals surface area contributed by atoms with E-state index in [1.807, 2.05) is 51.0 Å². The molecule has 0 saturated carbocycles. The molecule has 1 aromatic rings. The summed E-state index contributed by atoms with van der Waals surface area (Å²) in [4.78, 5) is 15.9. The molecule has 5 nitrogen and oxygen atoms in total. The van der Waals surface area contributed by atoms with Crippen LogP contribution in [0.3, 0.4) is 0 Å². The number of amides is 1. The summed E-state index contributed by atoms with van der Waals surface area (Å²) in [7, 11) is 5.49. The van der Waals surface area contributed by atoms with Gasteiger partial charge in [-0.25, -0.2) is 0 Å². The number of ether oxygens (including phenoxy) is 1. The number of benzene rings is 1. The van der Waals surface area contributed by atoms with Crippen molar-refractivity contribution in [2.24, 2.45) is 0 Å². The van der Waals surface area contributed by atoms with Crippen molar-refractivity contribution in [3.8, 4) is 0 Å². The number of nitrogens with two attached hydrogens (primary N) is 1. The molecule has 0 aliphatic carbocycles. The van der Waals surface area contributed by atoms with Crippen LogP contribution in [0.1, 0.15) is 19.4 Å². The Morgan fingerprint density at radius 3 is 2.50 bits per heavy atom. The molecule has 0 heterocycles. The molecule has 0 spiro atoms. The summed E-state index contributed by atoms with van der Waals surface area (Å²) in [6.07, 6.45) is 0. The molecule has 0 atom stereocenters. The van der Waals surface area contributed by atoms with Crippen LogP contribution in [0.5, 0.6) is 0 Å². The zero-order chi connectivity index (χ0) is 15.3. The van der Waals surface area contributed by atoms with E-state index in [0.717, 1.165) is 11.3 Å². The lowest BCUT2D eigenvalue weighted by molar-refractivity contribution is -0.137. The molecule has 0 aliphatic heterocycles. The van der Waals surface area contributed by atoms with E-state index in [-0.39, 0.29) is 18.6 Å². The van der Waals surface area contributed by atoms with E-state index in [9.17, 15) is 4.79 Å². The number of carbonyl (C=O) groups excluding carboxylic acids is 1. The second-order valence-electron chi connectivity index (χ2n) is 5.33. The minimum atomic E-state index is -0.0189. The lowest BCUT2D eigenvalue weighted by Gasteiger charge is -2.29. The quantitative estimate of drug-likeness (QED) is 0.806. The molecule has 1 aromatic carbocycles. The number of hydrogen-bond acceptors (Lipinski definition) is 4. The van der Waals surface area contributed by atoms with Gasteiger partial charge in [0.25, 0.3) is 0 Å². The Kier molecular flexibility index (Phi) is 5.82. The van der Waals surface area contributed by atoms with Gasteiger partial charge in [-0.3, -0.25) is 4.79 Å². The summed E-state index contributed by atoms with van der Waals surface area (Å²) in [5, 5.41) is 0. The first-order chi connectivity index (χ1) is 9.36. The summed E-state index contributed by atoms with van der Waals surface area (Å²) in [5.41, 5.74) is 8.67. The lowest BCUT2D eigenvalue weighted by atomic mass is 10.1. The molecule has 5 heteroatoms. The molecule has 1 amide bonds. The molecule has 0 aromatic heterocycles. The molecule has 0 fully saturated rings. The molecule has 1 rings (SSSR count). The molecule has 0 aliphatic rings. The molecule has 20 heavy (non-hydrogen) atoms. The average molecular weight is 279 g/mol. The number of anilines is 2. The van der Waals surface area contributed by atoms with E-state index in [4.69, 9.17) is 10.5 Å². The molecule has 0 saturated heterocycles. The van der Waals surface area contributed by atoms with Crippen molar-refractivity contribution in [2.75, 3.05) is 38.4 Å². The SMILES string of the molecule is COCC(=O)N(Cc1cc(N)ccc1N(C)C)C(C)C. The maximum absolute atomic E-state index is 12.1. The first-order valence-electron chi connectivity index (χ1n) is 6.71. The summed E-state index contributed by atoms with van der Waals surface area (Å²) < 4.78 is 4.95. The van der Waals surface area contributed by atoms with Gasteiger partial charge in [0.1, 0.15) is 6.61 Å². The maximum Gasteiger partial charge on any atom is 0.249 e. The fourth-order valence-corrected chi connectivity index (χ4v) is 2.12. The highest BCUT2D eigenvalue weighted by Gasteiger charge is 2.19. The third kappa shape index (κ3) is 4.13. The highest BCUT2D eigenvalue weighted by Crippen LogP contribution is 2.23. The fourth-order valence-electron chi connectivity index (χ4n) is 2.12. The fraction of sp³-hybridized carbons (Fsp3) is 0.533. The standard InChI is InChI=1S/C15H25N3O2/c1-11(2)18(15(19)10-20-5)9-12-8-13(16)6-7-14(12)17(3)4/h6-8,11H,9-10,16H2,1-5H3. The van der Waals surface area contributed by atoms with Crippen LogP contribution in [-0.4, -0.2) is 44.7 Å². The second kappa shape index (κ2) is 7.14. The monoisotopic (exact) mass is 279 g/mol. The van der Waals surface area contributed by atoms with Gasteiger partial charge < -0.3 is 20.3 Å². The number of methoxy groups -OCH3 is 1. The smallest absolute Gasteiger partial charge is 0.249 e. The van der Waals surface area contributed by atoms with Crippen molar-refractivity contribution in [1.82, 2.24) is 4.90 Å². The second-order valence-corrected chi connectivity index (χ2v) is 5.33. The molecular formula is C15H25N3O2. The molecule has 0 radical (unpaired) electrons. The predicted molar refractivity (Wildman–Crippen MR) is 82.7 cm³/mol. The average Bonchev–Trinajstić information content (AvgIpc) is 2.35. The number of hydrogen-bond donors (Lipinski definition) is 1. The minimum Gasteiger partial charge on any atom is -0.399 e. The number of nitrogens with zero attached hydrogens (tertiary/aromatic N) is 2. The van der Waals surface area contributed by atoms with Gasteiger partial charge in [-0.2, -0.15) is 0 Å². The van der Waals surface area contributed by atoms with Crippen LogP contribution >= 0.6 is 0 Å². The number of nitrogen functional groups attached to an aromatic ring is 1. The van der Waals surface area contributed by atoms with E-state index >= 15 is 0 Å². The predicted octanol–water partition coefficient (Wildman–Crippen LogP) is 1.72. The molecular weight excluding hydrogens is 254 g/mol. The van der Waals surface area contributed by atoms with Crippen LogP contribution in [0, 0.1) is 0 Å². The van der Waals surface area contributed by atoms with E-state index < -0.39 is 0 Å². The van der Waals surface area contributed by atoms with Gasteiger partial charge in [0, 0.05) is 45.2 Å². The van der Waals surface area contributed by atoms with Crippen molar-refractivity contribution in [1.29, 1.82) is 0 Å². The summed E-state index contributed by atoms with van der Waals surface area (Å²) >= 11 is 0. The minimum absolute atomic E-state index is 0.0189. The highest BCUT2D eigenvalue weighted by molar-refractivity contribution is 5.78. The Morgan fingerprint density at radius 1 is 1.35 bits per heavy atom. The highest BCUT2D eigenvalue weighted by atomic mass is 16.5. The van der Waals surface area contributed by atoms with Crippen LogP contribution < -0.4 is 10.6 Å². The van der Waals surface area contributed by atoms with Crippen LogP contribution in [0.25, 0.3) is 0 Å². The molecule has 0 bridgehead atoms. The Morgan fingerprint density at radius 2 is 2.00 bits per heavy atom. The van der Waals surface area contributed by atoms with Crippen molar-refractivity contribution in [2.45, 2.75) is 26.4 Å². The maximum atomic E-state index is 12.1. The summed E-state index contributed by atoms with van der Waals surface area (Å²) in [6.45, 7) is 4.61. The molecule has 2 N–H and O–H groups in total. The molecule has 112 valence electrons. The van der Waals surface area contributed by atoms with E-state index in [1.165, 1.54) is 7.11 Å². The summed E-state index contributed by atoms with van der Waals surface area (Å²) in [5.74, 6) is -0.0189. The first kappa shape index (κ1) is 16.3. The van der Waals surface area contributed by atoms with Crippen LogP contribution in [0.2, 0.25) is 0 Å². The van der Waals surface area contributed by atoms with Gasteiger partial charge in [0.2, 0.25) is 5.91 Å². The number of rotatable bonds is 6. The van der Waals surface area contributed by atoms with Crippen molar-refractivity contribution in [3.63, 3.8) is 0 Å². The van der Waals surface area contributed by atoms with E-state index in [0.29, 0.717) is 12.2 Å². The number of carbonyl (C=O) groups is 1. The molecule has 0 unspecified atom stereocenters. The Bertz CT molecular complexity index is 458.